The summed E-state index contributed by atoms with van der Waals surface area (Å²) in [5.41, 5.74) is 1.93. The van der Waals surface area contributed by atoms with E-state index in [1.807, 2.05) is 25.1 Å². The van der Waals surface area contributed by atoms with Crippen molar-refractivity contribution in [3.8, 4) is 0 Å². The lowest BCUT2D eigenvalue weighted by Crippen LogP contribution is -2.30. The summed E-state index contributed by atoms with van der Waals surface area (Å²) in [6.07, 6.45) is 0. The van der Waals surface area contributed by atoms with Crippen molar-refractivity contribution in [2.24, 2.45) is 0 Å². The van der Waals surface area contributed by atoms with Gasteiger partial charge in [-0.25, -0.2) is 0 Å². The van der Waals surface area contributed by atoms with Gasteiger partial charge in [-0.1, -0.05) is 53.5 Å². The highest BCUT2D eigenvalue weighted by Gasteiger charge is 2.07. The average molecular weight is 325 g/mol. The van der Waals surface area contributed by atoms with E-state index >= 15 is 0 Å². The highest BCUT2D eigenvalue weighted by Crippen LogP contribution is 2.22. The van der Waals surface area contributed by atoms with Gasteiger partial charge >= 0.3 is 0 Å². The molecule has 0 saturated carbocycles. The van der Waals surface area contributed by atoms with E-state index in [2.05, 4.69) is 22.8 Å². The zero-order chi connectivity index (χ0) is 14.5. The van der Waals surface area contributed by atoms with E-state index < -0.39 is 0 Å². The molecule has 5 heteroatoms. The average Bonchev–Trinajstić information content (AvgIpc) is 2.38. The first-order valence-electron chi connectivity index (χ1n) is 6.13. The van der Waals surface area contributed by atoms with Crippen molar-refractivity contribution < 1.29 is 0 Å². The predicted molar refractivity (Wildman–Crippen MR) is 90.7 cm³/mol. The van der Waals surface area contributed by atoms with Crippen LogP contribution in [-0.4, -0.2) is 5.11 Å². The zero-order valence-corrected chi connectivity index (χ0v) is 13.2. The minimum absolute atomic E-state index is 0.117. The minimum Gasteiger partial charge on any atom is -0.356 e. The minimum atomic E-state index is 0.117. The molecule has 0 bridgehead atoms. The van der Waals surface area contributed by atoms with Crippen LogP contribution in [0.25, 0.3) is 0 Å². The second kappa shape index (κ2) is 6.93. The molecule has 20 heavy (non-hydrogen) atoms. The van der Waals surface area contributed by atoms with Gasteiger partial charge in [-0.3, -0.25) is 0 Å². The SMILES string of the molecule is CC(NC(=S)Nc1cc(Cl)cc(Cl)c1)c1ccccc1. The quantitative estimate of drug-likeness (QED) is 0.773. The lowest BCUT2D eigenvalue weighted by molar-refractivity contribution is 0.722. The van der Waals surface area contributed by atoms with Gasteiger partial charge < -0.3 is 10.6 Å². The van der Waals surface area contributed by atoms with Crippen molar-refractivity contribution >= 4 is 46.2 Å². The zero-order valence-electron chi connectivity index (χ0n) is 10.9. The van der Waals surface area contributed by atoms with Gasteiger partial charge in [0.15, 0.2) is 5.11 Å². The summed E-state index contributed by atoms with van der Waals surface area (Å²) in [5, 5.41) is 7.96. The first-order valence-corrected chi connectivity index (χ1v) is 7.29. The fraction of sp³-hybridized carbons (Fsp3) is 0.133. The van der Waals surface area contributed by atoms with Crippen LogP contribution in [-0.2, 0) is 0 Å². The number of hydrogen-bond acceptors (Lipinski definition) is 1. The summed E-state index contributed by atoms with van der Waals surface area (Å²) in [4.78, 5) is 0. The van der Waals surface area contributed by atoms with Crippen molar-refractivity contribution in [1.82, 2.24) is 5.32 Å². The molecule has 0 aliphatic carbocycles. The number of hydrogen-bond donors (Lipinski definition) is 2. The summed E-state index contributed by atoms with van der Waals surface area (Å²) in [6, 6.07) is 15.4. The van der Waals surface area contributed by atoms with Crippen LogP contribution in [0.3, 0.4) is 0 Å². The van der Waals surface area contributed by atoms with Crippen LogP contribution in [0, 0.1) is 0 Å². The van der Waals surface area contributed by atoms with E-state index in [1.54, 1.807) is 18.2 Å². The molecule has 1 unspecified atom stereocenters. The van der Waals surface area contributed by atoms with Gasteiger partial charge in [-0.2, -0.15) is 0 Å². The van der Waals surface area contributed by atoms with Crippen LogP contribution in [0.5, 0.6) is 0 Å². The number of benzene rings is 2. The van der Waals surface area contributed by atoms with Crippen molar-refractivity contribution in [3.63, 3.8) is 0 Å². The standard InChI is InChI=1S/C15H14Cl2N2S/c1-10(11-5-3-2-4-6-11)18-15(20)19-14-8-12(16)7-13(17)9-14/h2-10H,1H3,(H2,18,19,20). The summed E-state index contributed by atoms with van der Waals surface area (Å²) < 4.78 is 0. The Kier molecular flexibility index (Phi) is 5.24. The Labute approximate surface area is 134 Å². The van der Waals surface area contributed by atoms with Gasteiger partial charge in [0.2, 0.25) is 0 Å². The van der Waals surface area contributed by atoms with Crippen LogP contribution in [0.1, 0.15) is 18.5 Å². The Morgan fingerprint density at radius 3 is 2.25 bits per heavy atom. The Balaban J connectivity index is 1.99. The van der Waals surface area contributed by atoms with E-state index in [-0.39, 0.29) is 6.04 Å². The maximum atomic E-state index is 5.95. The van der Waals surface area contributed by atoms with Crippen molar-refractivity contribution in [2.75, 3.05) is 5.32 Å². The van der Waals surface area contributed by atoms with Crippen LogP contribution in [0.2, 0.25) is 10.0 Å². The van der Waals surface area contributed by atoms with E-state index in [9.17, 15) is 0 Å². The third-order valence-corrected chi connectivity index (χ3v) is 3.42. The Morgan fingerprint density at radius 1 is 1.05 bits per heavy atom. The van der Waals surface area contributed by atoms with Gasteiger partial charge in [0, 0.05) is 15.7 Å². The second-order valence-electron chi connectivity index (χ2n) is 4.39. The Morgan fingerprint density at radius 2 is 1.65 bits per heavy atom. The molecule has 0 radical (unpaired) electrons. The van der Waals surface area contributed by atoms with Crippen LogP contribution < -0.4 is 10.6 Å². The molecule has 0 fully saturated rings. The fourth-order valence-electron chi connectivity index (χ4n) is 1.81. The summed E-state index contributed by atoms with van der Waals surface area (Å²) in [7, 11) is 0. The largest absolute Gasteiger partial charge is 0.356 e. The summed E-state index contributed by atoms with van der Waals surface area (Å²) in [5.74, 6) is 0. The molecule has 2 N–H and O–H groups in total. The normalized spacial score (nSPS) is 11.8. The molecule has 2 nitrogen and oxygen atoms in total. The van der Waals surface area contributed by atoms with E-state index in [4.69, 9.17) is 35.4 Å². The summed E-state index contributed by atoms with van der Waals surface area (Å²) in [6.45, 7) is 2.05. The van der Waals surface area contributed by atoms with E-state index in [0.29, 0.717) is 15.2 Å². The third-order valence-electron chi connectivity index (χ3n) is 2.77. The number of nitrogens with one attached hydrogen (secondary N) is 2. The molecule has 0 aliphatic rings. The molecule has 0 aromatic heterocycles. The van der Waals surface area contributed by atoms with Crippen molar-refractivity contribution in [1.29, 1.82) is 0 Å². The molecule has 2 aromatic rings. The molecule has 0 amide bonds. The molecule has 1 atom stereocenters. The molecule has 0 saturated heterocycles. The maximum absolute atomic E-state index is 5.95. The van der Waals surface area contributed by atoms with E-state index in [1.165, 1.54) is 5.56 Å². The first kappa shape index (κ1) is 15.1. The van der Waals surface area contributed by atoms with Gasteiger partial charge in [0.05, 0.1) is 6.04 Å². The Hall–Kier alpha value is -1.29. The highest BCUT2D eigenvalue weighted by atomic mass is 35.5. The molecule has 0 spiro atoms. The highest BCUT2D eigenvalue weighted by molar-refractivity contribution is 7.80. The fourth-order valence-corrected chi connectivity index (χ4v) is 2.64. The Bertz CT molecular complexity index is 582. The molecule has 2 aromatic carbocycles. The smallest absolute Gasteiger partial charge is 0.171 e. The van der Waals surface area contributed by atoms with Gasteiger partial charge in [0.1, 0.15) is 0 Å². The molecule has 0 aliphatic heterocycles. The first-order chi connectivity index (χ1) is 9.54. The number of anilines is 1. The number of thiocarbonyl (C=S) groups is 1. The topological polar surface area (TPSA) is 24.1 Å². The number of halogens is 2. The van der Waals surface area contributed by atoms with Gasteiger partial charge in [-0.15, -0.1) is 0 Å². The lowest BCUT2D eigenvalue weighted by atomic mass is 10.1. The van der Waals surface area contributed by atoms with Crippen LogP contribution >= 0.6 is 35.4 Å². The lowest BCUT2D eigenvalue weighted by Gasteiger charge is -2.17. The van der Waals surface area contributed by atoms with E-state index in [0.717, 1.165) is 5.69 Å². The van der Waals surface area contributed by atoms with Crippen molar-refractivity contribution in [2.45, 2.75) is 13.0 Å². The molecular formula is C15H14Cl2N2S. The van der Waals surface area contributed by atoms with Gasteiger partial charge in [-0.05, 0) is 42.9 Å². The third kappa shape index (κ3) is 4.37. The number of rotatable bonds is 3. The molecule has 0 heterocycles. The summed E-state index contributed by atoms with van der Waals surface area (Å²) >= 11 is 17.2. The molecule has 2 rings (SSSR count). The molecular weight excluding hydrogens is 311 g/mol. The maximum Gasteiger partial charge on any atom is 0.171 e. The second-order valence-corrected chi connectivity index (χ2v) is 5.67. The van der Waals surface area contributed by atoms with Crippen LogP contribution in [0.15, 0.2) is 48.5 Å². The van der Waals surface area contributed by atoms with Crippen molar-refractivity contribution in [3.05, 3.63) is 64.1 Å². The van der Waals surface area contributed by atoms with Crippen LogP contribution in [0.4, 0.5) is 5.69 Å². The monoisotopic (exact) mass is 324 g/mol. The molecule has 104 valence electrons. The predicted octanol–water partition coefficient (Wildman–Crippen LogP) is 5.04. The van der Waals surface area contributed by atoms with Gasteiger partial charge in [0.25, 0.3) is 0 Å².